The van der Waals surface area contributed by atoms with Crippen LogP contribution >= 0.6 is 22.7 Å². The van der Waals surface area contributed by atoms with E-state index in [9.17, 15) is 4.79 Å². The van der Waals surface area contributed by atoms with Crippen molar-refractivity contribution in [3.05, 3.63) is 57.2 Å². The number of nitrogens with one attached hydrogen (secondary N) is 1. The number of amides is 2. The zero-order valence-electron chi connectivity index (χ0n) is 14.5. The molecule has 0 radical (unpaired) electrons. The van der Waals surface area contributed by atoms with E-state index in [0.717, 1.165) is 35.0 Å². The van der Waals surface area contributed by atoms with Crippen molar-refractivity contribution in [3.63, 3.8) is 0 Å². The van der Waals surface area contributed by atoms with Crippen molar-refractivity contribution >= 4 is 28.7 Å². The minimum atomic E-state index is -0.0230. The van der Waals surface area contributed by atoms with E-state index in [1.807, 2.05) is 35.2 Å². The predicted molar refractivity (Wildman–Crippen MR) is 105 cm³/mol. The first kappa shape index (κ1) is 17.2. The van der Waals surface area contributed by atoms with Crippen molar-refractivity contribution in [1.82, 2.24) is 20.4 Å². The lowest BCUT2D eigenvalue weighted by Crippen LogP contribution is -2.44. The number of thiophene rings is 1. The van der Waals surface area contributed by atoms with Gasteiger partial charge in [-0.1, -0.05) is 48.6 Å². The van der Waals surface area contributed by atoms with Gasteiger partial charge in [-0.15, -0.1) is 21.5 Å². The van der Waals surface area contributed by atoms with Crippen LogP contribution in [-0.2, 0) is 13.0 Å². The van der Waals surface area contributed by atoms with Crippen molar-refractivity contribution < 1.29 is 4.79 Å². The number of carbonyl (C=O) groups excluding carboxylic acids is 1. The van der Waals surface area contributed by atoms with Crippen LogP contribution in [0.3, 0.4) is 0 Å². The number of hydrogen-bond acceptors (Lipinski definition) is 5. The predicted octanol–water partition coefficient (Wildman–Crippen LogP) is 4.49. The third-order valence-electron chi connectivity index (χ3n) is 4.62. The van der Waals surface area contributed by atoms with Crippen LogP contribution in [0.2, 0.25) is 0 Å². The molecule has 0 fully saturated rings. The molecule has 1 aliphatic heterocycles. The van der Waals surface area contributed by atoms with E-state index in [1.165, 1.54) is 21.8 Å². The van der Waals surface area contributed by atoms with Gasteiger partial charge in [-0.3, -0.25) is 0 Å². The summed E-state index contributed by atoms with van der Waals surface area (Å²) in [6, 6.07) is 12.3. The lowest BCUT2D eigenvalue weighted by atomic mass is 9.98. The van der Waals surface area contributed by atoms with Gasteiger partial charge in [0.15, 0.2) is 0 Å². The zero-order valence-corrected chi connectivity index (χ0v) is 16.1. The average Bonchev–Trinajstić information content (AvgIpc) is 3.35. The van der Waals surface area contributed by atoms with Gasteiger partial charge in [0.25, 0.3) is 0 Å². The summed E-state index contributed by atoms with van der Waals surface area (Å²) in [4.78, 5) is 16.1. The fourth-order valence-electron chi connectivity index (χ4n) is 3.35. The van der Waals surface area contributed by atoms with E-state index in [2.05, 4.69) is 33.9 Å². The molecule has 0 bridgehead atoms. The maximum Gasteiger partial charge on any atom is 0.318 e. The standard InChI is InChI=1S/C19H20N4OS2/c1-2-15-14-9-11-25-16(14)8-10-23(15)19(24)20-12-17-21-22-18(26-17)13-6-4-3-5-7-13/h3-7,9,11,15H,2,8,10,12H2,1H3,(H,20,24). The molecule has 1 aromatic carbocycles. The largest absolute Gasteiger partial charge is 0.331 e. The highest BCUT2D eigenvalue weighted by molar-refractivity contribution is 7.14. The van der Waals surface area contributed by atoms with E-state index < -0.39 is 0 Å². The summed E-state index contributed by atoms with van der Waals surface area (Å²) in [5.41, 5.74) is 2.36. The summed E-state index contributed by atoms with van der Waals surface area (Å²) in [6.07, 6.45) is 1.86. The Bertz CT molecular complexity index is 890. The van der Waals surface area contributed by atoms with E-state index in [1.54, 1.807) is 11.3 Å². The van der Waals surface area contributed by atoms with Gasteiger partial charge in [-0.25, -0.2) is 4.79 Å². The number of rotatable bonds is 4. The zero-order chi connectivity index (χ0) is 17.9. The van der Waals surface area contributed by atoms with Crippen LogP contribution in [0.4, 0.5) is 4.79 Å². The first-order valence-electron chi connectivity index (χ1n) is 8.74. The fourth-order valence-corrected chi connectivity index (χ4v) is 5.07. The number of carbonyl (C=O) groups is 1. The van der Waals surface area contributed by atoms with Gasteiger partial charge in [0.1, 0.15) is 10.0 Å². The lowest BCUT2D eigenvalue weighted by molar-refractivity contribution is 0.167. The van der Waals surface area contributed by atoms with Gasteiger partial charge in [0, 0.05) is 17.0 Å². The van der Waals surface area contributed by atoms with Crippen molar-refractivity contribution in [2.45, 2.75) is 32.4 Å². The Kier molecular flexibility index (Phi) is 4.99. The molecular weight excluding hydrogens is 364 g/mol. The van der Waals surface area contributed by atoms with Crippen LogP contribution in [-0.4, -0.2) is 27.7 Å². The molecule has 5 nitrogen and oxygen atoms in total. The molecule has 2 aromatic heterocycles. The van der Waals surface area contributed by atoms with Crippen LogP contribution in [0.15, 0.2) is 41.8 Å². The van der Waals surface area contributed by atoms with Crippen molar-refractivity contribution in [1.29, 1.82) is 0 Å². The molecule has 1 aliphatic rings. The molecule has 26 heavy (non-hydrogen) atoms. The van der Waals surface area contributed by atoms with E-state index in [0.29, 0.717) is 6.54 Å². The number of urea groups is 1. The first-order chi connectivity index (χ1) is 12.8. The van der Waals surface area contributed by atoms with E-state index in [-0.39, 0.29) is 12.1 Å². The van der Waals surface area contributed by atoms with E-state index in [4.69, 9.17) is 0 Å². The molecule has 1 atom stereocenters. The third-order valence-corrected chi connectivity index (χ3v) is 6.59. The van der Waals surface area contributed by atoms with Crippen LogP contribution in [0.25, 0.3) is 10.6 Å². The minimum absolute atomic E-state index is 0.0230. The Balaban J connectivity index is 1.41. The molecule has 0 spiro atoms. The number of hydrogen-bond donors (Lipinski definition) is 1. The van der Waals surface area contributed by atoms with Crippen molar-refractivity contribution in [2.75, 3.05) is 6.54 Å². The average molecular weight is 385 g/mol. The second-order valence-electron chi connectivity index (χ2n) is 6.19. The summed E-state index contributed by atoms with van der Waals surface area (Å²) in [5, 5.41) is 15.3. The van der Waals surface area contributed by atoms with Gasteiger partial charge in [0.05, 0.1) is 12.6 Å². The highest BCUT2D eigenvalue weighted by Gasteiger charge is 2.30. The van der Waals surface area contributed by atoms with Gasteiger partial charge >= 0.3 is 6.03 Å². The van der Waals surface area contributed by atoms with Crippen LogP contribution < -0.4 is 5.32 Å². The highest BCUT2D eigenvalue weighted by atomic mass is 32.1. The Morgan fingerprint density at radius 1 is 1.27 bits per heavy atom. The molecule has 3 aromatic rings. The van der Waals surface area contributed by atoms with Gasteiger partial charge in [-0.2, -0.15) is 0 Å². The molecule has 1 N–H and O–H groups in total. The topological polar surface area (TPSA) is 58.1 Å². The quantitative estimate of drug-likeness (QED) is 0.721. The highest BCUT2D eigenvalue weighted by Crippen LogP contribution is 2.35. The Morgan fingerprint density at radius 3 is 2.92 bits per heavy atom. The Hall–Kier alpha value is -2.25. The van der Waals surface area contributed by atoms with Crippen LogP contribution in [0.1, 0.15) is 34.8 Å². The molecule has 0 saturated carbocycles. The smallest absolute Gasteiger partial charge is 0.318 e. The molecule has 1 unspecified atom stereocenters. The summed E-state index contributed by atoms with van der Waals surface area (Å²) >= 11 is 3.31. The molecule has 2 amide bonds. The molecule has 3 heterocycles. The summed E-state index contributed by atoms with van der Waals surface area (Å²) in [6.45, 7) is 3.31. The summed E-state index contributed by atoms with van der Waals surface area (Å²) in [5.74, 6) is 0. The summed E-state index contributed by atoms with van der Waals surface area (Å²) < 4.78 is 0. The third kappa shape index (κ3) is 3.37. The second-order valence-corrected chi connectivity index (χ2v) is 8.25. The Morgan fingerprint density at radius 2 is 2.12 bits per heavy atom. The first-order valence-corrected chi connectivity index (χ1v) is 10.4. The van der Waals surface area contributed by atoms with Gasteiger partial charge in [0.2, 0.25) is 0 Å². The van der Waals surface area contributed by atoms with Crippen LogP contribution in [0, 0.1) is 0 Å². The van der Waals surface area contributed by atoms with Gasteiger partial charge < -0.3 is 10.2 Å². The molecular formula is C19H20N4OS2. The Labute approximate surface area is 160 Å². The number of fused-ring (bicyclic) bond motifs is 1. The summed E-state index contributed by atoms with van der Waals surface area (Å²) in [7, 11) is 0. The monoisotopic (exact) mass is 384 g/mol. The van der Waals surface area contributed by atoms with Crippen LogP contribution in [0.5, 0.6) is 0 Å². The number of benzene rings is 1. The maximum absolute atomic E-state index is 12.7. The SMILES string of the molecule is CCC1c2ccsc2CCN1C(=O)NCc1nnc(-c2ccccc2)s1. The molecule has 134 valence electrons. The minimum Gasteiger partial charge on any atom is -0.331 e. The second kappa shape index (κ2) is 7.55. The number of nitrogens with zero attached hydrogens (tertiary/aromatic N) is 3. The molecule has 7 heteroatoms. The molecule has 0 saturated heterocycles. The van der Waals surface area contributed by atoms with Crippen molar-refractivity contribution in [2.24, 2.45) is 0 Å². The lowest BCUT2D eigenvalue weighted by Gasteiger charge is -2.35. The fraction of sp³-hybridized carbons (Fsp3) is 0.316. The van der Waals surface area contributed by atoms with Gasteiger partial charge in [-0.05, 0) is 29.9 Å². The number of aromatic nitrogens is 2. The maximum atomic E-state index is 12.7. The van der Waals surface area contributed by atoms with E-state index >= 15 is 0 Å². The van der Waals surface area contributed by atoms with Crippen molar-refractivity contribution in [3.8, 4) is 10.6 Å². The molecule has 0 aliphatic carbocycles. The normalized spacial score (nSPS) is 16.3. The molecule has 4 rings (SSSR count).